The van der Waals surface area contributed by atoms with Crippen LogP contribution >= 0.6 is 0 Å². The molecule has 0 bridgehead atoms. The number of benzene rings is 5. The van der Waals surface area contributed by atoms with Crippen molar-refractivity contribution in [1.29, 1.82) is 0 Å². The normalized spacial score (nSPS) is 11.9. The molecule has 0 saturated carbocycles. The molecule has 0 fully saturated rings. The molecule has 0 aliphatic heterocycles. The summed E-state index contributed by atoms with van der Waals surface area (Å²) in [6.45, 7) is 4.39. The Morgan fingerprint density at radius 3 is 1.97 bits per heavy atom. The summed E-state index contributed by atoms with van der Waals surface area (Å²) >= 11 is 0. The van der Waals surface area contributed by atoms with Crippen LogP contribution in [0.4, 0.5) is 0 Å². The lowest BCUT2D eigenvalue weighted by atomic mass is 9.92. The van der Waals surface area contributed by atoms with E-state index in [2.05, 4.69) is 121 Å². The highest BCUT2D eigenvalue weighted by molar-refractivity contribution is 6.23. The summed E-state index contributed by atoms with van der Waals surface area (Å²) in [5.74, 6) is 0. The smallest absolute Gasteiger partial charge is 0.0620 e. The molecule has 7 rings (SSSR count). The van der Waals surface area contributed by atoms with Crippen molar-refractivity contribution in [3.8, 4) is 22.3 Å². The molecule has 0 amide bonds. The van der Waals surface area contributed by atoms with Gasteiger partial charge < -0.3 is 4.40 Å². The molecule has 156 valence electrons. The van der Waals surface area contributed by atoms with Gasteiger partial charge in [-0.15, -0.1) is 0 Å². The summed E-state index contributed by atoms with van der Waals surface area (Å²) in [6.07, 6.45) is 0. The van der Waals surface area contributed by atoms with Crippen molar-refractivity contribution < 1.29 is 0 Å². The van der Waals surface area contributed by atoms with Gasteiger partial charge in [-0.25, -0.2) is 0 Å². The fraction of sp³-hybridized carbons (Fsp3) is 0.0625. The highest BCUT2D eigenvalue weighted by Gasteiger charge is 2.17. The molecule has 0 aliphatic carbocycles. The molecule has 1 nitrogen and oxygen atoms in total. The summed E-state index contributed by atoms with van der Waals surface area (Å²) in [5.41, 5.74) is 11.6. The van der Waals surface area contributed by atoms with Crippen LogP contribution in [0.15, 0.2) is 103 Å². The number of fused-ring (bicyclic) bond motifs is 6. The van der Waals surface area contributed by atoms with Crippen LogP contribution in [0.5, 0.6) is 0 Å². The maximum absolute atomic E-state index is 2.44. The van der Waals surface area contributed by atoms with Crippen LogP contribution in [0.3, 0.4) is 0 Å². The van der Waals surface area contributed by atoms with Crippen LogP contribution in [-0.4, -0.2) is 4.40 Å². The molecule has 0 aliphatic rings. The van der Waals surface area contributed by atoms with Crippen LogP contribution in [0.25, 0.3) is 60.3 Å². The van der Waals surface area contributed by atoms with E-state index in [0.29, 0.717) is 0 Å². The zero-order chi connectivity index (χ0) is 22.1. The van der Waals surface area contributed by atoms with Crippen molar-refractivity contribution in [3.05, 3.63) is 114 Å². The second-order valence-corrected chi connectivity index (χ2v) is 9.13. The molecule has 0 atom stereocenters. The minimum Gasteiger partial charge on any atom is -0.308 e. The van der Waals surface area contributed by atoms with Gasteiger partial charge in [-0.2, -0.15) is 0 Å². The first-order chi connectivity index (χ1) is 16.2. The van der Waals surface area contributed by atoms with E-state index in [-0.39, 0.29) is 0 Å². The van der Waals surface area contributed by atoms with Crippen LogP contribution < -0.4 is 0 Å². The Morgan fingerprint density at radius 1 is 0.455 bits per heavy atom. The third-order valence-electron chi connectivity index (χ3n) is 7.23. The summed E-state index contributed by atoms with van der Waals surface area (Å²) in [5, 5.41) is 5.30. The topological polar surface area (TPSA) is 4.41 Å². The van der Waals surface area contributed by atoms with Gasteiger partial charge in [-0.1, -0.05) is 78.9 Å². The standard InChI is InChI=1S/C32H23N/c1-20-8-3-4-9-24(20)28-18-22(15-14-21(28)2)23-16-17-31-29(19-23)27-12-7-11-26-25-10-5-6-13-30(25)33(31)32(26)27/h3-19H,1-2H3. The molecule has 0 unspecified atom stereocenters. The molecule has 7 aromatic rings. The van der Waals surface area contributed by atoms with E-state index in [9.17, 15) is 0 Å². The van der Waals surface area contributed by atoms with Crippen molar-refractivity contribution in [1.82, 2.24) is 4.40 Å². The predicted molar refractivity (Wildman–Crippen MR) is 141 cm³/mol. The number of hydrogen-bond donors (Lipinski definition) is 0. The monoisotopic (exact) mass is 421 g/mol. The van der Waals surface area contributed by atoms with E-state index < -0.39 is 0 Å². The fourth-order valence-electron chi connectivity index (χ4n) is 5.58. The molecule has 2 heterocycles. The van der Waals surface area contributed by atoms with Gasteiger partial charge in [0.2, 0.25) is 0 Å². The summed E-state index contributed by atoms with van der Waals surface area (Å²) in [7, 11) is 0. The predicted octanol–water partition coefficient (Wildman–Crippen LogP) is 8.79. The molecule has 0 saturated heterocycles. The maximum Gasteiger partial charge on any atom is 0.0620 e. The first-order valence-corrected chi connectivity index (χ1v) is 11.5. The number of aryl methyl sites for hydroxylation is 2. The van der Waals surface area contributed by atoms with Gasteiger partial charge in [0.1, 0.15) is 0 Å². The van der Waals surface area contributed by atoms with E-state index in [1.54, 1.807) is 0 Å². The Balaban J connectivity index is 1.49. The number of rotatable bonds is 2. The molecular weight excluding hydrogens is 398 g/mol. The molecule has 0 spiro atoms. The average molecular weight is 422 g/mol. The quantitative estimate of drug-likeness (QED) is 0.263. The molecule has 0 radical (unpaired) electrons. The van der Waals surface area contributed by atoms with Gasteiger partial charge in [-0.05, 0) is 71.5 Å². The Labute approximate surface area is 192 Å². The van der Waals surface area contributed by atoms with Gasteiger partial charge in [0, 0.05) is 21.5 Å². The molecule has 1 heteroatoms. The Hall–Kier alpha value is -4.10. The van der Waals surface area contributed by atoms with Gasteiger partial charge in [0.05, 0.1) is 16.6 Å². The second kappa shape index (κ2) is 6.70. The maximum atomic E-state index is 2.44. The lowest BCUT2D eigenvalue weighted by Gasteiger charge is -2.12. The Bertz CT molecular complexity index is 1830. The van der Waals surface area contributed by atoms with Crippen LogP contribution in [-0.2, 0) is 0 Å². The Kier molecular flexibility index (Phi) is 3.75. The second-order valence-electron chi connectivity index (χ2n) is 9.13. The fourth-order valence-corrected chi connectivity index (χ4v) is 5.58. The minimum atomic E-state index is 1.26. The lowest BCUT2D eigenvalue weighted by molar-refractivity contribution is 1.37. The van der Waals surface area contributed by atoms with Gasteiger partial charge in [0.15, 0.2) is 0 Å². The van der Waals surface area contributed by atoms with Crippen molar-refractivity contribution in [3.63, 3.8) is 0 Å². The zero-order valence-corrected chi connectivity index (χ0v) is 18.8. The molecule has 5 aromatic carbocycles. The molecule has 33 heavy (non-hydrogen) atoms. The van der Waals surface area contributed by atoms with Crippen LogP contribution in [0.1, 0.15) is 11.1 Å². The van der Waals surface area contributed by atoms with Gasteiger partial charge >= 0.3 is 0 Å². The zero-order valence-electron chi connectivity index (χ0n) is 18.8. The Morgan fingerprint density at radius 2 is 1.09 bits per heavy atom. The first kappa shape index (κ1) is 18.5. The number of aromatic nitrogens is 1. The SMILES string of the molecule is Cc1ccccc1-c1cc(-c2ccc3c(c2)c2cccc4c5ccccc5n3c42)ccc1C. The largest absolute Gasteiger partial charge is 0.308 e. The van der Waals surface area contributed by atoms with E-state index in [1.165, 1.54) is 71.5 Å². The molecule has 0 N–H and O–H groups in total. The van der Waals surface area contributed by atoms with Crippen molar-refractivity contribution in [2.75, 3.05) is 0 Å². The van der Waals surface area contributed by atoms with E-state index in [0.717, 1.165) is 0 Å². The van der Waals surface area contributed by atoms with Crippen LogP contribution in [0.2, 0.25) is 0 Å². The molecular formula is C32H23N. The molecule has 2 aromatic heterocycles. The lowest BCUT2D eigenvalue weighted by Crippen LogP contribution is -1.88. The average Bonchev–Trinajstić information content (AvgIpc) is 3.37. The van der Waals surface area contributed by atoms with Crippen molar-refractivity contribution in [2.45, 2.75) is 13.8 Å². The van der Waals surface area contributed by atoms with Crippen molar-refractivity contribution >= 4 is 38.1 Å². The van der Waals surface area contributed by atoms with Gasteiger partial charge in [-0.3, -0.25) is 0 Å². The minimum absolute atomic E-state index is 1.26. The van der Waals surface area contributed by atoms with Crippen molar-refractivity contribution in [2.24, 2.45) is 0 Å². The number of nitrogens with zero attached hydrogens (tertiary/aromatic N) is 1. The van der Waals surface area contributed by atoms with E-state index in [4.69, 9.17) is 0 Å². The van der Waals surface area contributed by atoms with Gasteiger partial charge in [0.25, 0.3) is 0 Å². The third kappa shape index (κ3) is 2.54. The van der Waals surface area contributed by atoms with E-state index >= 15 is 0 Å². The third-order valence-corrected chi connectivity index (χ3v) is 7.23. The van der Waals surface area contributed by atoms with Crippen LogP contribution in [0, 0.1) is 13.8 Å². The highest BCUT2D eigenvalue weighted by Crippen LogP contribution is 2.40. The number of hydrogen-bond acceptors (Lipinski definition) is 0. The van der Waals surface area contributed by atoms with E-state index in [1.807, 2.05) is 0 Å². The number of para-hydroxylation sites is 2. The first-order valence-electron chi connectivity index (χ1n) is 11.5. The highest BCUT2D eigenvalue weighted by atomic mass is 14.9. The summed E-state index contributed by atoms with van der Waals surface area (Å²) in [6, 6.07) is 37.9. The summed E-state index contributed by atoms with van der Waals surface area (Å²) in [4.78, 5) is 0. The summed E-state index contributed by atoms with van der Waals surface area (Å²) < 4.78 is 2.44.